The predicted octanol–water partition coefficient (Wildman–Crippen LogP) is 1.26. The number of hydrogen-bond acceptors (Lipinski definition) is 5. The minimum absolute atomic E-state index is 0.0306. The van der Waals surface area contributed by atoms with Crippen LogP contribution in [0.15, 0.2) is 47.3 Å². The highest BCUT2D eigenvalue weighted by molar-refractivity contribution is 5.91. The van der Waals surface area contributed by atoms with Crippen LogP contribution in [0.25, 0.3) is 0 Å². The van der Waals surface area contributed by atoms with E-state index in [1.54, 1.807) is 29.4 Å². The third-order valence-electron chi connectivity index (χ3n) is 4.36. The molecule has 1 fully saturated rings. The van der Waals surface area contributed by atoms with Crippen LogP contribution >= 0.6 is 0 Å². The predicted molar refractivity (Wildman–Crippen MR) is 91.9 cm³/mol. The molecular formula is C18H22N4O3. The molecule has 1 aliphatic rings. The molecule has 2 amide bonds. The van der Waals surface area contributed by atoms with Crippen molar-refractivity contribution in [3.8, 4) is 0 Å². The Bertz CT molecular complexity index is 707. The first-order chi connectivity index (χ1) is 12.1. The summed E-state index contributed by atoms with van der Waals surface area (Å²) in [5.74, 6) is 0.234. The third-order valence-corrected chi connectivity index (χ3v) is 4.36. The zero-order chi connectivity index (χ0) is 17.8. The summed E-state index contributed by atoms with van der Waals surface area (Å²) < 4.78 is 5.16. The number of piperazine rings is 1. The summed E-state index contributed by atoms with van der Waals surface area (Å²) in [6.45, 7) is 2.02. The van der Waals surface area contributed by atoms with Gasteiger partial charge in [0.25, 0.3) is 5.91 Å². The highest BCUT2D eigenvalue weighted by atomic mass is 16.3. The number of carbonyl (C=O) groups is 2. The van der Waals surface area contributed by atoms with Crippen LogP contribution in [-0.4, -0.2) is 71.8 Å². The summed E-state index contributed by atoms with van der Waals surface area (Å²) in [7, 11) is 3.76. The summed E-state index contributed by atoms with van der Waals surface area (Å²) in [4.78, 5) is 34.8. The fraction of sp³-hybridized carbons (Fsp3) is 0.389. The second kappa shape index (κ2) is 7.48. The number of likely N-dealkylation sites (N-methyl/N-ethyl adjacent to an activating group) is 1. The van der Waals surface area contributed by atoms with Gasteiger partial charge in [-0.15, -0.1) is 0 Å². The second-order valence-electron chi connectivity index (χ2n) is 6.25. The molecule has 1 saturated heterocycles. The highest BCUT2D eigenvalue weighted by Gasteiger charge is 2.31. The summed E-state index contributed by atoms with van der Waals surface area (Å²) in [5.41, 5.74) is 0.867. The van der Waals surface area contributed by atoms with Crippen molar-refractivity contribution in [2.75, 3.05) is 40.3 Å². The molecule has 0 N–H and O–H groups in total. The monoisotopic (exact) mass is 342 g/mol. The van der Waals surface area contributed by atoms with Crippen LogP contribution in [0.2, 0.25) is 0 Å². The van der Waals surface area contributed by atoms with Gasteiger partial charge in [-0.05, 0) is 37.9 Å². The molecule has 0 aromatic carbocycles. The maximum Gasteiger partial charge on any atom is 0.289 e. The lowest BCUT2D eigenvalue weighted by Gasteiger charge is -2.37. The Balaban J connectivity index is 1.65. The van der Waals surface area contributed by atoms with Crippen molar-refractivity contribution in [3.63, 3.8) is 0 Å². The van der Waals surface area contributed by atoms with Gasteiger partial charge in [0.2, 0.25) is 5.91 Å². The zero-order valence-corrected chi connectivity index (χ0v) is 14.5. The number of hydrogen-bond donors (Lipinski definition) is 0. The average Bonchev–Trinajstić information content (AvgIpc) is 3.16. The van der Waals surface area contributed by atoms with Crippen molar-refractivity contribution in [1.82, 2.24) is 19.7 Å². The van der Waals surface area contributed by atoms with Crippen LogP contribution in [-0.2, 0) is 4.79 Å². The molecule has 2 aromatic heterocycles. The molecule has 0 saturated carbocycles. The number of pyridine rings is 1. The molecular weight excluding hydrogens is 320 g/mol. The highest BCUT2D eigenvalue weighted by Crippen LogP contribution is 2.21. The topological polar surface area (TPSA) is 69.9 Å². The molecule has 7 heteroatoms. The number of nitrogens with zero attached hydrogens (tertiary/aromatic N) is 4. The van der Waals surface area contributed by atoms with E-state index < -0.39 is 0 Å². The number of rotatable bonds is 4. The van der Waals surface area contributed by atoms with E-state index in [-0.39, 0.29) is 17.9 Å². The summed E-state index contributed by atoms with van der Waals surface area (Å²) in [6.07, 6.45) is 4.90. The molecule has 3 rings (SSSR count). The van der Waals surface area contributed by atoms with E-state index >= 15 is 0 Å². The fourth-order valence-electron chi connectivity index (χ4n) is 3.06. The SMILES string of the molecule is CN(C)C(C(=O)N1CCN(C(=O)c2ccco2)CC1)c1cccnc1. The number of amides is 2. The Labute approximate surface area is 146 Å². The van der Waals surface area contributed by atoms with E-state index in [4.69, 9.17) is 4.42 Å². The molecule has 25 heavy (non-hydrogen) atoms. The number of carbonyl (C=O) groups excluding carboxylic acids is 2. The molecule has 1 atom stereocenters. The quantitative estimate of drug-likeness (QED) is 0.837. The normalized spacial score (nSPS) is 16.1. The second-order valence-corrected chi connectivity index (χ2v) is 6.25. The zero-order valence-electron chi connectivity index (χ0n) is 14.5. The lowest BCUT2D eigenvalue weighted by molar-refractivity contribution is -0.137. The molecule has 3 heterocycles. The van der Waals surface area contributed by atoms with Gasteiger partial charge in [0.05, 0.1) is 6.26 Å². The molecule has 7 nitrogen and oxygen atoms in total. The molecule has 0 aliphatic carbocycles. The van der Waals surface area contributed by atoms with Crippen LogP contribution < -0.4 is 0 Å². The van der Waals surface area contributed by atoms with E-state index in [0.29, 0.717) is 31.9 Å². The van der Waals surface area contributed by atoms with E-state index in [9.17, 15) is 9.59 Å². The minimum atomic E-state index is -0.374. The number of aromatic nitrogens is 1. The van der Waals surface area contributed by atoms with Crippen LogP contribution in [0.3, 0.4) is 0 Å². The van der Waals surface area contributed by atoms with Crippen LogP contribution in [0.1, 0.15) is 22.2 Å². The van der Waals surface area contributed by atoms with Crippen molar-refractivity contribution < 1.29 is 14.0 Å². The van der Waals surface area contributed by atoms with Gasteiger partial charge in [-0.1, -0.05) is 6.07 Å². The fourth-order valence-corrected chi connectivity index (χ4v) is 3.06. The van der Waals surface area contributed by atoms with Crippen molar-refractivity contribution >= 4 is 11.8 Å². The summed E-state index contributed by atoms with van der Waals surface area (Å²) in [6, 6.07) is 6.72. The summed E-state index contributed by atoms with van der Waals surface area (Å²) >= 11 is 0. The van der Waals surface area contributed by atoms with Gasteiger partial charge in [-0.2, -0.15) is 0 Å². The van der Waals surface area contributed by atoms with Gasteiger partial charge in [-0.3, -0.25) is 19.5 Å². The van der Waals surface area contributed by atoms with E-state index in [2.05, 4.69) is 4.98 Å². The van der Waals surface area contributed by atoms with Gasteiger partial charge in [-0.25, -0.2) is 0 Å². The van der Waals surface area contributed by atoms with Gasteiger partial charge >= 0.3 is 0 Å². The Morgan fingerprint density at radius 2 is 1.84 bits per heavy atom. The van der Waals surface area contributed by atoms with Crippen LogP contribution in [0, 0.1) is 0 Å². The molecule has 2 aromatic rings. The van der Waals surface area contributed by atoms with E-state index in [0.717, 1.165) is 5.56 Å². The van der Waals surface area contributed by atoms with Crippen molar-refractivity contribution in [2.24, 2.45) is 0 Å². The lowest BCUT2D eigenvalue weighted by Crippen LogP contribution is -2.52. The van der Waals surface area contributed by atoms with Crippen LogP contribution in [0.5, 0.6) is 0 Å². The average molecular weight is 342 g/mol. The first-order valence-electron chi connectivity index (χ1n) is 8.26. The van der Waals surface area contributed by atoms with Gasteiger partial charge in [0, 0.05) is 38.6 Å². The number of furan rings is 1. The molecule has 1 unspecified atom stereocenters. The summed E-state index contributed by atoms with van der Waals surface area (Å²) in [5, 5.41) is 0. The molecule has 0 spiro atoms. The minimum Gasteiger partial charge on any atom is -0.459 e. The Morgan fingerprint density at radius 3 is 2.40 bits per heavy atom. The Hall–Kier alpha value is -2.67. The maximum atomic E-state index is 13.0. The molecule has 0 radical (unpaired) electrons. The van der Waals surface area contributed by atoms with Gasteiger partial charge in [0.1, 0.15) is 6.04 Å². The van der Waals surface area contributed by atoms with Crippen molar-refractivity contribution in [1.29, 1.82) is 0 Å². The first-order valence-corrected chi connectivity index (χ1v) is 8.26. The Morgan fingerprint density at radius 1 is 1.12 bits per heavy atom. The molecule has 132 valence electrons. The largest absolute Gasteiger partial charge is 0.459 e. The standard InChI is InChI=1S/C18H22N4O3/c1-20(2)16(14-5-3-7-19-13-14)18(24)22-10-8-21(9-11-22)17(23)15-6-4-12-25-15/h3-7,12-13,16H,8-11H2,1-2H3. The Kier molecular flexibility index (Phi) is 5.14. The first kappa shape index (κ1) is 17.2. The smallest absolute Gasteiger partial charge is 0.289 e. The van der Waals surface area contributed by atoms with Crippen molar-refractivity contribution in [2.45, 2.75) is 6.04 Å². The van der Waals surface area contributed by atoms with E-state index in [1.165, 1.54) is 6.26 Å². The van der Waals surface area contributed by atoms with Gasteiger partial charge < -0.3 is 14.2 Å². The van der Waals surface area contributed by atoms with Gasteiger partial charge in [0.15, 0.2) is 5.76 Å². The third kappa shape index (κ3) is 3.71. The molecule has 1 aliphatic heterocycles. The maximum absolute atomic E-state index is 13.0. The lowest BCUT2D eigenvalue weighted by atomic mass is 10.1. The van der Waals surface area contributed by atoms with E-state index in [1.807, 2.05) is 36.0 Å². The molecule has 0 bridgehead atoms. The van der Waals surface area contributed by atoms with Crippen LogP contribution in [0.4, 0.5) is 0 Å². The van der Waals surface area contributed by atoms with Crippen molar-refractivity contribution in [3.05, 3.63) is 54.2 Å².